The van der Waals surface area contributed by atoms with E-state index in [0.717, 1.165) is 31.9 Å². The van der Waals surface area contributed by atoms with Gasteiger partial charge in [0, 0.05) is 48.3 Å². The summed E-state index contributed by atoms with van der Waals surface area (Å²) in [5.74, 6) is 0.860. The number of aryl methyl sites for hydroxylation is 1. The monoisotopic (exact) mass is 407 g/mol. The molecule has 4 rings (SSSR count). The Morgan fingerprint density at radius 3 is 2.79 bits per heavy atom. The topological polar surface area (TPSA) is 71.0 Å². The third-order valence-corrected chi connectivity index (χ3v) is 5.36. The maximum atomic E-state index is 12.6. The van der Waals surface area contributed by atoms with Gasteiger partial charge in [0.05, 0.1) is 11.3 Å². The summed E-state index contributed by atoms with van der Waals surface area (Å²) in [7, 11) is 0. The lowest BCUT2D eigenvalue weighted by Crippen LogP contribution is -2.21. The Hall–Kier alpha value is -2.83. The molecule has 1 saturated heterocycles. The first-order valence-electron chi connectivity index (χ1n) is 9.60. The van der Waals surface area contributed by atoms with Crippen LogP contribution in [-0.4, -0.2) is 38.8 Å². The van der Waals surface area contributed by atoms with Crippen molar-refractivity contribution < 1.29 is 4.79 Å². The number of carbonyl (C=O) groups is 1. The molecule has 1 aliphatic rings. The quantitative estimate of drug-likeness (QED) is 0.690. The molecule has 6 nitrogen and oxygen atoms in total. The molecule has 1 amide bonds. The van der Waals surface area contributed by atoms with Gasteiger partial charge in [0.1, 0.15) is 5.82 Å². The molecular weight excluding hydrogens is 386 g/mol. The molecule has 1 fully saturated rings. The van der Waals surface area contributed by atoms with Crippen LogP contribution in [0.4, 0.5) is 5.69 Å². The average Bonchev–Trinajstić information content (AvgIpc) is 3.19. The fourth-order valence-corrected chi connectivity index (χ4v) is 3.70. The third kappa shape index (κ3) is 4.78. The van der Waals surface area contributed by atoms with Crippen LogP contribution in [0.25, 0.3) is 0 Å². The minimum absolute atomic E-state index is 0.221. The van der Waals surface area contributed by atoms with E-state index in [9.17, 15) is 4.79 Å². The first-order chi connectivity index (χ1) is 14.1. The van der Waals surface area contributed by atoms with Gasteiger partial charge in [-0.15, -0.1) is 0 Å². The highest BCUT2D eigenvalue weighted by molar-refractivity contribution is 6.30. The van der Waals surface area contributed by atoms with Crippen LogP contribution in [0.1, 0.15) is 39.8 Å². The summed E-state index contributed by atoms with van der Waals surface area (Å²) < 4.78 is 0. The van der Waals surface area contributed by atoms with E-state index in [1.807, 2.05) is 19.2 Å². The van der Waals surface area contributed by atoms with E-state index in [2.05, 4.69) is 31.2 Å². The highest BCUT2D eigenvalue weighted by Crippen LogP contribution is 2.26. The van der Waals surface area contributed by atoms with Crippen molar-refractivity contribution in [1.29, 1.82) is 0 Å². The van der Waals surface area contributed by atoms with Crippen LogP contribution in [0.15, 0.2) is 55.0 Å². The number of carbonyl (C=O) groups excluding carboxylic acids is 1. The SMILES string of the molecule is Cc1nc([C@@H]2CCN(Cc3cccnc3)C2)ncc1C(=O)Nc1ccc(Cl)cc1. The number of anilines is 1. The fraction of sp³-hybridized carbons (Fsp3) is 0.273. The summed E-state index contributed by atoms with van der Waals surface area (Å²) in [6.07, 6.45) is 6.34. The second-order valence-electron chi connectivity index (χ2n) is 7.27. The van der Waals surface area contributed by atoms with E-state index in [-0.39, 0.29) is 11.8 Å². The second-order valence-corrected chi connectivity index (χ2v) is 7.71. The first-order valence-corrected chi connectivity index (χ1v) is 9.98. The molecule has 3 aromatic rings. The summed E-state index contributed by atoms with van der Waals surface area (Å²) in [6, 6.07) is 11.1. The van der Waals surface area contributed by atoms with E-state index in [1.54, 1.807) is 36.7 Å². The van der Waals surface area contributed by atoms with E-state index in [1.165, 1.54) is 5.56 Å². The van der Waals surface area contributed by atoms with Gasteiger partial charge in [0.2, 0.25) is 0 Å². The Morgan fingerprint density at radius 2 is 2.07 bits per heavy atom. The molecule has 1 aliphatic heterocycles. The van der Waals surface area contributed by atoms with E-state index in [4.69, 9.17) is 11.6 Å². The molecule has 7 heteroatoms. The predicted molar refractivity (Wildman–Crippen MR) is 113 cm³/mol. The van der Waals surface area contributed by atoms with Crippen LogP contribution in [-0.2, 0) is 6.54 Å². The van der Waals surface area contributed by atoms with E-state index < -0.39 is 0 Å². The molecule has 0 unspecified atom stereocenters. The van der Waals surface area contributed by atoms with E-state index >= 15 is 0 Å². The largest absolute Gasteiger partial charge is 0.322 e. The van der Waals surface area contributed by atoms with Gasteiger partial charge in [-0.25, -0.2) is 9.97 Å². The number of benzene rings is 1. The van der Waals surface area contributed by atoms with E-state index in [0.29, 0.717) is 22.0 Å². The molecule has 1 aromatic carbocycles. The number of nitrogens with one attached hydrogen (secondary N) is 1. The zero-order chi connectivity index (χ0) is 20.2. The molecule has 0 aliphatic carbocycles. The Morgan fingerprint density at radius 1 is 1.24 bits per heavy atom. The molecule has 2 aromatic heterocycles. The Balaban J connectivity index is 1.40. The van der Waals surface area contributed by atoms with Gasteiger partial charge in [0.15, 0.2) is 0 Å². The van der Waals surface area contributed by atoms with Crippen molar-refractivity contribution in [1.82, 2.24) is 19.9 Å². The van der Waals surface area contributed by atoms with Gasteiger partial charge in [-0.3, -0.25) is 14.7 Å². The molecule has 3 heterocycles. The number of amides is 1. The second kappa shape index (κ2) is 8.68. The average molecular weight is 408 g/mol. The number of hydrogen-bond acceptors (Lipinski definition) is 5. The molecule has 0 saturated carbocycles. The minimum atomic E-state index is -0.221. The van der Waals surface area contributed by atoms with Crippen molar-refractivity contribution >= 4 is 23.2 Å². The zero-order valence-corrected chi connectivity index (χ0v) is 16.9. The van der Waals surface area contributed by atoms with Crippen molar-refractivity contribution in [2.45, 2.75) is 25.8 Å². The Labute approximate surface area is 175 Å². The van der Waals surface area contributed by atoms with Gasteiger partial charge in [-0.2, -0.15) is 0 Å². The summed E-state index contributed by atoms with van der Waals surface area (Å²) in [4.78, 5) is 28.3. The maximum Gasteiger partial charge on any atom is 0.259 e. The highest BCUT2D eigenvalue weighted by atomic mass is 35.5. The van der Waals surface area contributed by atoms with Crippen LogP contribution in [0.2, 0.25) is 5.02 Å². The van der Waals surface area contributed by atoms with Crippen molar-refractivity contribution in [3.8, 4) is 0 Å². The van der Waals surface area contributed by atoms with Crippen LogP contribution in [0.5, 0.6) is 0 Å². The molecular formula is C22H22ClN5O. The highest BCUT2D eigenvalue weighted by Gasteiger charge is 2.26. The van der Waals surface area contributed by atoms with Crippen LogP contribution in [0.3, 0.4) is 0 Å². The number of halogens is 1. The smallest absolute Gasteiger partial charge is 0.259 e. The molecule has 0 spiro atoms. The van der Waals surface area contributed by atoms with Crippen molar-refractivity contribution in [2.24, 2.45) is 0 Å². The number of hydrogen-bond donors (Lipinski definition) is 1. The Bertz CT molecular complexity index is 994. The standard InChI is InChI=1S/C22H22ClN5O/c1-15-20(22(29)27-19-6-4-18(23)5-7-19)12-25-21(26-15)17-8-10-28(14-17)13-16-3-2-9-24-11-16/h2-7,9,11-12,17H,8,10,13-14H2,1H3,(H,27,29)/t17-/m1/s1. The fourth-order valence-electron chi connectivity index (χ4n) is 3.57. The molecule has 0 bridgehead atoms. The van der Waals surface area contributed by atoms with Crippen LogP contribution in [0, 0.1) is 6.92 Å². The van der Waals surface area contributed by atoms with Crippen molar-refractivity contribution in [2.75, 3.05) is 18.4 Å². The first kappa shape index (κ1) is 19.5. The van der Waals surface area contributed by atoms with Crippen molar-refractivity contribution in [3.63, 3.8) is 0 Å². The third-order valence-electron chi connectivity index (χ3n) is 5.11. The lowest BCUT2D eigenvalue weighted by atomic mass is 10.1. The van der Waals surface area contributed by atoms with Gasteiger partial charge in [-0.05, 0) is 55.8 Å². The number of likely N-dealkylation sites (tertiary alicyclic amines) is 1. The molecule has 148 valence electrons. The minimum Gasteiger partial charge on any atom is -0.322 e. The number of aromatic nitrogens is 3. The number of pyridine rings is 1. The van der Waals surface area contributed by atoms with Crippen LogP contribution < -0.4 is 5.32 Å². The van der Waals surface area contributed by atoms with Crippen LogP contribution >= 0.6 is 11.6 Å². The van der Waals surface area contributed by atoms with Gasteiger partial charge in [-0.1, -0.05) is 17.7 Å². The maximum absolute atomic E-state index is 12.6. The van der Waals surface area contributed by atoms with Crippen molar-refractivity contribution in [3.05, 3.63) is 82.7 Å². The molecule has 29 heavy (non-hydrogen) atoms. The summed E-state index contributed by atoms with van der Waals surface area (Å²) in [5.41, 5.74) is 3.06. The Kier molecular flexibility index (Phi) is 5.83. The summed E-state index contributed by atoms with van der Waals surface area (Å²) >= 11 is 5.89. The molecule has 1 N–H and O–H groups in total. The predicted octanol–water partition coefficient (Wildman–Crippen LogP) is 4.08. The normalized spacial score (nSPS) is 16.7. The number of nitrogens with zero attached hydrogens (tertiary/aromatic N) is 4. The van der Waals surface area contributed by atoms with Gasteiger partial charge in [0.25, 0.3) is 5.91 Å². The lowest BCUT2D eigenvalue weighted by molar-refractivity contribution is 0.102. The van der Waals surface area contributed by atoms with Gasteiger partial charge < -0.3 is 5.32 Å². The summed E-state index contributed by atoms with van der Waals surface area (Å²) in [5, 5.41) is 3.48. The molecule has 1 atom stereocenters. The molecule has 0 radical (unpaired) electrons. The zero-order valence-electron chi connectivity index (χ0n) is 16.2. The summed E-state index contributed by atoms with van der Waals surface area (Å²) in [6.45, 7) is 4.64. The van der Waals surface area contributed by atoms with Gasteiger partial charge >= 0.3 is 0 Å². The lowest BCUT2D eigenvalue weighted by Gasteiger charge is -2.16. The number of rotatable bonds is 5.